The van der Waals surface area contributed by atoms with Crippen molar-refractivity contribution in [3.8, 4) is 0 Å². The second-order valence-electron chi connectivity index (χ2n) is 7.41. The number of amides is 1. The van der Waals surface area contributed by atoms with Gasteiger partial charge >= 0.3 is 12.1 Å². The van der Waals surface area contributed by atoms with Crippen molar-refractivity contribution in [3.63, 3.8) is 0 Å². The number of hydrogen-bond donors (Lipinski definition) is 1. The standard InChI is InChI=1S/C18H28N2O5/c1-12-10-14(24-15(12)16(21)23-5)11-20-8-6-13(7-9-20)19-17(22)25-18(2,3)4/h10,13H,6-9,11H2,1-5H3,(H,19,22). The van der Waals surface area contributed by atoms with Gasteiger partial charge in [-0.25, -0.2) is 9.59 Å². The molecule has 2 heterocycles. The zero-order valence-corrected chi connectivity index (χ0v) is 15.7. The van der Waals surface area contributed by atoms with E-state index in [9.17, 15) is 9.59 Å². The van der Waals surface area contributed by atoms with Gasteiger partial charge in [-0.05, 0) is 46.6 Å². The van der Waals surface area contributed by atoms with E-state index < -0.39 is 11.6 Å². The molecule has 0 aliphatic carbocycles. The van der Waals surface area contributed by atoms with Gasteiger partial charge in [0.15, 0.2) is 0 Å². The van der Waals surface area contributed by atoms with Gasteiger partial charge in [0, 0.05) is 24.7 Å². The van der Waals surface area contributed by atoms with Crippen LogP contribution in [-0.2, 0) is 16.0 Å². The van der Waals surface area contributed by atoms with Crippen LogP contribution in [0.25, 0.3) is 0 Å². The van der Waals surface area contributed by atoms with Gasteiger partial charge < -0.3 is 19.2 Å². The summed E-state index contributed by atoms with van der Waals surface area (Å²) < 4.78 is 15.6. The third kappa shape index (κ3) is 5.77. The molecule has 1 amide bonds. The molecule has 1 fully saturated rings. The minimum absolute atomic E-state index is 0.120. The van der Waals surface area contributed by atoms with Crippen LogP contribution in [0.5, 0.6) is 0 Å². The zero-order chi connectivity index (χ0) is 18.6. The van der Waals surface area contributed by atoms with Crippen LogP contribution in [0.15, 0.2) is 10.5 Å². The normalized spacial score (nSPS) is 16.5. The van der Waals surface area contributed by atoms with Crippen LogP contribution in [0.1, 0.15) is 55.5 Å². The SMILES string of the molecule is COC(=O)c1oc(CN2CCC(NC(=O)OC(C)(C)C)CC2)cc1C. The van der Waals surface area contributed by atoms with Gasteiger partial charge in [-0.2, -0.15) is 0 Å². The van der Waals surface area contributed by atoms with Crippen molar-refractivity contribution in [2.45, 2.75) is 58.7 Å². The van der Waals surface area contributed by atoms with Crippen LogP contribution in [0, 0.1) is 6.92 Å². The number of hydrogen-bond acceptors (Lipinski definition) is 6. The molecule has 7 nitrogen and oxygen atoms in total. The molecule has 7 heteroatoms. The van der Waals surface area contributed by atoms with E-state index in [0.29, 0.717) is 6.54 Å². The number of carbonyl (C=O) groups excluding carboxylic acids is 2. The Morgan fingerprint density at radius 3 is 2.52 bits per heavy atom. The highest BCUT2D eigenvalue weighted by molar-refractivity contribution is 5.87. The van der Waals surface area contributed by atoms with Crippen molar-refractivity contribution in [3.05, 3.63) is 23.2 Å². The highest BCUT2D eigenvalue weighted by Gasteiger charge is 2.25. The minimum Gasteiger partial charge on any atom is -0.463 e. The van der Waals surface area contributed by atoms with Crippen molar-refractivity contribution in [2.75, 3.05) is 20.2 Å². The minimum atomic E-state index is -0.487. The number of nitrogens with one attached hydrogen (secondary N) is 1. The van der Waals surface area contributed by atoms with E-state index in [1.165, 1.54) is 7.11 Å². The fourth-order valence-corrected chi connectivity index (χ4v) is 2.85. The summed E-state index contributed by atoms with van der Waals surface area (Å²) in [6.07, 6.45) is 1.33. The van der Waals surface area contributed by atoms with Crippen molar-refractivity contribution in [1.29, 1.82) is 0 Å². The first-order valence-electron chi connectivity index (χ1n) is 8.57. The van der Waals surface area contributed by atoms with Crippen LogP contribution in [0.4, 0.5) is 4.79 Å². The molecule has 2 rings (SSSR count). The van der Waals surface area contributed by atoms with E-state index in [2.05, 4.69) is 10.2 Å². The zero-order valence-electron chi connectivity index (χ0n) is 15.7. The molecule has 0 bridgehead atoms. The topological polar surface area (TPSA) is 81.0 Å². The molecule has 0 aromatic carbocycles. The van der Waals surface area contributed by atoms with E-state index in [1.807, 2.05) is 33.8 Å². The van der Waals surface area contributed by atoms with E-state index in [4.69, 9.17) is 13.9 Å². The summed E-state index contributed by atoms with van der Waals surface area (Å²) in [5, 5.41) is 2.92. The lowest BCUT2D eigenvalue weighted by atomic mass is 10.1. The van der Waals surface area contributed by atoms with Gasteiger partial charge in [0.2, 0.25) is 5.76 Å². The van der Waals surface area contributed by atoms with E-state index in [1.54, 1.807) is 0 Å². The Balaban J connectivity index is 1.81. The number of aryl methyl sites for hydroxylation is 1. The molecule has 0 unspecified atom stereocenters. The summed E-state index contributed by atoms with van der Waals surface area (Å²) >= 11 is 0. The molecule has 0 atom stereocenters. The molecule has 1 saturated heterocycles. The van der Waals surface area contributed by atoms with Crippen molar-refractivity contribution < 1.29 is 23.5 Å². The Morgan fingerprint density at radius 2 is 1.96 bits per heavy atom. The molecular formula is C18H28N2O5. The maximum Gasteiger partial charge on any atom is 0.407 e. The van der Waals surface area contributed by atoms with Gasteiger partial charge in [-0.3, -0.25) is 4.90 Å². The van der Waals surface area contributed by atoms with Crippen LogP contribution >= 0.6 is 0 Å². The Morgan fingerprint density at radius 1 is 1.32 bits per heavy atom. The highest BCUT2D eigenvalue weighted by Crippen LogP contribution is 2.20. The Hall–Kier alpha value is -2.02. The number of rotatable bonds is 4. The van der Waals surface area contributed by atoms with E-state index >= 15 is 0 Å². The van der Waals surface area contributed by atoms with Crippen molar-refractivity contribution in [2.24, 2.45) is 0 Å². The number of carbonyl (C=O) groups is 2. The Labute approximate surface area is 148 Å². The molecule has 1 N–H and O–H groups in total. The number of ether oxygens (including phenoxy) is 2. The van der Waals surface area contributed by atoms with Crippen molar-refractivity contribution in [1.82, 2.24) is 10.2 Å². The lowest BCUT2D eigenvalue weighted by Gasteiger charge is -2.32. The van der Waals surface area contributed by atoms with Crippen LogP contribution < -0.4 is 5.32 Å². The first-order valence-corrected chi connectivity index (χ1v) is 8.57. The fourth-order valence-electron chi connectivity index (χ4n) is 2.85. The smallest absolute Gasteiger partial charge is 0.407 e. The number of nitrogens with zero attached hydrogens (tertiary/aromatic N) is 1. The molecule has 1 aliphatic rings. The first kappa shape index (κ1) is 19.3. The predicted octanol–water partition coefficient (Wildman–Crippen LogP) is 2.86. The average molecular weight is 352 g/mol. The molecule has 1 aliphatic heterocycles. The van der Waals surface area contributed by atoms with Crippen LogP contribution in [-0.4, -0.2) is 48.8 Å². The lowest BCUT2D eigenvalue weighted by molar-refractivity contribution is 0.0476. The van der Waals surface area contributed by atoms with Gasteiger partial charge in [-0.15, -0.1) is 0 Å². The van der Waals surface area contributed by atoms with E-state index in [0.717, 1.165) is 37.3 Å². The molecule has 1 aromatic rings. The molecule has 25 heavy (non-hydrogen) atoms. The summed E-state index contributed by atoms with van der Waals surface area (Å²) in [6.45, 7) is 9.70. The Bertz CT molecular complexity index is 609. The molecule has 140 valence electrons. The van der Waals surface area contributed by atoms with Crippen LogP contribution in [0.3, 0.4) is 0 Å². The third-order valence-electron chi connectivity index (χ3n) is 4.03. The number of esters is 1. The quantitative estimate of drug-likeness (QED) is 0.839. The monoisotopic (exact) mass is 352 g/mol. The summed E-state index contributed by atoms with van der Waals surface area (Å²) in [4.78, 5) is 25.7. The van der Waals surface area contributed by atoms with E-state index in [-0.39, 0.29) is 17.9 Å². The van der Waals surface area contributed by atoms with Crippen LogP contribution in [0.2, 0.25) is 0 Å². The number of furan rings is 1. The predicted molar refractivity (Wildman–Crippen MR) is 92.5 cm³/mol. The summed E-state index contributed by atoms with van der Waals surface area (Å²) in [5.41, 5.74) is 0.294. The Kier molecular flexibility index (Phi) is 6.11. The van der Waals surface area contributed by atoms with Gasteiger partial charge in [0.1, 0.15) is 11.4 Å². The summed E-state index contributed by atoms with van der Waals surface area (Å²) in [7, 11) is 1.34. The number of methoxy groups -OCH3 is 1. The van der Waals surface area contributed by atoms with Gasteiger partial charge in [0.05, 0.1) is 13.7 Å². The number of piperidine rings is 1. The third-order valence-corrected chi connectivity index (χ3v) is 4.03. The summed E-state index contributed by atoms with van der Waals surface area (Å²) in [5.74, 6) is 0.555. The number of likely N-dealkylation sites (tertiary alicyclic amines) is 1. The summed E-state index contributed by atoms with van der Waals surface area (Å²) in [6, 6.07) is 1.99. The molecule has 0 saturated carbocycles. The maximum atomic E-state index is 11.8. The van der Waals surface area contributed by atoms with Gasteiger partial charge in [-0.1, -0.05) is 0 Å². The average Bonchev–Trinajstić information content (AvgIpc) is 2.87. The maximum absolute atomic E-state index is 11.8. The highest BCUT2D eigenvalue weighted by atomic mass is 16.6. The number of alkyl carbamates (subject to hydrolysis) is 1. The second kappa shape index (κ2) is 7.91. The molecular weight excluding hydrogens is 324 g/mol. The first-order chi connectivity index (χ1) is 11.7. The molecule has 1 aromatic heterocycles. The largest absolute Gasteiger partial charge is 0.463 e. The van der Waals surface area contributed by atoms with Crippen molar-refractivity contribution >= 4 is 12.1 Å². The second-order valence-corrected chi connectivity index (χ2v) is 7.41. The lowest BCUT2D eigenvalue weighted by Crippen LogP contribution is -2.45. The molecule has 0 spiro atoms. The molecule has 0 radical (unpaired) electrons. The van der Waals surface area contributed by atoms with Gasteiger partial charge in [0.25, 0.3) is 0 Å². The fraction of sp³-hybridized carbons (Fsp3) is 0.667.